The molecule has 12 heteroatoms. The van der Waals surface area contributed by atoms with Crippen LogP contribution in [0.25, 0.3) is 0 Å². The number of carbonyl (C=O) groups excluding carboxylic acids is 1. The number of amides is 1. The summed E-state index contributed by atoms with van der Waals surface area (Å²) in [4.78, 5) is 15.5. The minimum Gasteiger partial charge on any atom is -0.496 e. The van der Waals surface area contributed by atoms with Crippen molar-refractivity contribution in [1.82, 2.24) is 19.9 Å². The summed E-state index contributed by atoms with van der Waals surface area (Å²) in [5.74, 6) is 1.06. The predicted molar refractivity (Wildman–Crippen MR) is 115 cm³/mol. The molecule has 0 aliphatic heterocycles. The molecule has 0 radical (unpaired) electrons. The largest absolute Gasteiger partial charge is 0.496 e. The number of hydrogen-bond donors (Lipinski definition) is 4. The third-order valence-electron chi connectivity index (χ3n) is 4.06. The van der Waals surface area contributed by atoms with Gasteiger partial charge in [0.05, 0.1) is 17.6 Å². The Hall–Kier alpha value is -3.77. The van der Waals surface area contributed by atoms with E-state index < -0.39 is 15.9 Å². The van der Waals surface area contributed by atoms with Crippen molar-refractivity contribution in [3.63, 3.8) is 0 Å². The first-order valence-electron chi connectivity index (χ1n) is 9.12. The summed E-state index contributed by atoms with van der Waals surface area (Å²) >= 11 is 0. The van der Waals surface area contributed by atoms with E-state index in [0.717, 1.165) is 0 Å². The van der Waals surface area contributed by atoms with E-state index in [9.17, 15) is 13.2 Å². The number of anilines is 3. The van der Waals surface area contributed by atoms with Gasteiger partial charge in [0.2, 0.25) is 10.0 Å². The zero-order chi connectivity index (χ0) is 22.3. The molecule has 31 heavy (non-hydrogen) atoms. The highest BCUT2D eigenvalue weighted by molar-refractivity contribution is 7.89. The number of hydrogen-bond acceptors (Lipinski definition) is 9. The van der Waals surface area contributed by atoms with Gasteiger partial charge in [0.25, 0.3) is 5.91 Å². The molecule has 0 saturated carbocycles. The molecule has 0 fully saturated rings. The van der Waals surface area contributed by atoms with E-state index in [2.05, 4.69) is 30.5 Å². The third kappa shape index (κ3) is 5.87. The Balaban J connectivity index is 1.53. The van der Waals surface area contributed by atoms with Gasteiger partial charge in [-0.1, -0.05) is 6.07 Å². The Morgan fingerprint density at radius 3 is 2.45 bits per heavy atom. The molecule has 0 bridgehead atoms. The average molecular weight is 443 g/mol. The van der Waals surface area contributed by atoms with Crippen LogP contribution >= 0.6 is 0 Å². The Morgan fingerprint density at radius 1 is 1.03 bits per heavy atom. The van der Waals surface area contributed by atoms with E-state index >= 15 is 0 Å². The standard InChI is InChI=1S/C19H21N7O4S/c1-30-15-6-5-13(12-14(15)19(20)27)31(28,29)23-11-10-22-17-7-8-18(26-25-17)24-16-4-2-3-9-21-16/h2-9,12,23H,10-11H2,1H3,(H2,20,27)(H,22,25)(H,21,24,26). The summed E-state index contributed by atoms with van der Waals surface area (Å²) in [5.41, 5.74) is 5.26. The second kappa shape index (κ2) is 9.82. The number of nitrogens with zero attached hydrogens (tertiary/aromatic N) is 3. The van der Waals surface area contributed by atoms with E-state index in [1.165, 1.54) is 25.3 Å². The van der Waals surface area contributed by atoms with Crippen LogP contribution in [0, 0.1) is 0 Å². The summed E-state index contributed by atoms with van der Waals surface area (Å²) in [6.45, 7) is 0.343. The quantitative estimate of drug-likeness (QED) is 0.336. The average Bonchev–Trinajstić information content (AvgIpc) is 2.78. The lowest BCUT2D eigenvalue weighted by Gasteiger charge is -2.11. The lowest BCUT2D eigenvalue weighted by atomic mass is 10.2. The lowest BCUT2D eigenvalue weighted by Crippen LogP contribution is -2.29. The van der Waals surface area contributed by atoms with Crippen LogP contribution in [-0.4, -0.2) is 49.7 Å². The Labute approximate surface area is 179 Å². The van der Waals surface area contributed by atoms with E-state index in [0.29, 0.717) is 17.5 Å². The highest BCUT2D eigenvalue weighted by atomic mass is 32.2. The molecule has 0 aliphatic rings. The van der Waals surface area contributed by atoms with Gasteiger partial charge in [0.1, 0.15) is 17.4 Å². The van der Waals surface area contributed by atoms with Crippen molar-refractivity contribution < 1.29 is 17.9 Å². The zero-order valence-electron chi connectivity index (χ0n) is 16.6. The van der Waals surface area contributed by atoms with Gasteiger partial charge < -0.3 is 21.1 Å². The van der Waals surface area contributed by atoms with Gasteiger partial charge in [0.15, 0.2) is 5.82 Å². The number of benzene rings is 1. The fourth-order valence-corrected chi connectivity index (χ4v) is 3.62. The van der Waals surface area contributed by atoms with Crippen LogP contribution in [0.15, 0.2) is 59.6 Å². The van der Waals surface area contributed by atoms with Crippen molar-refractivity contribution >= 4 is 33.4 Å². The van der Waals surface area contributed by atoms with E-state index in [4.69, 9.17) is 10.5 Å². The Bertz CT molecular complexity index is 1140. The first-order chi connectivity index (χ1) is 14.9. The molecule has 0 spiro atoms. The van der Waals surface area contributed by atoms with Crippen LogP contribution in [-0.2, 0) is 10.0 Å². The van der Waals surface area contributed by atoms with Crippen LogP contribution in [0.2, 0.25) is 0 Å². The summed E-state index contributed by atoms with van der Waals surface area (Å²) in [7, 11) is -2.48. The van der Waals surface area contributed by atoms with Gasteiger partial charge in [0, 0.05) is 19.3 Å². The van der Waals surface area contributed by atoms with Crippen molar-refractivity contribution in [2.24, 2.45) is 5.73 Å². The highest BCUT2D eigenvalue weighted by Gasteiger charge is 2.18. The minimum absolute atomic E-state index is 0.0156. The molecule has 0 atom stereocenters. The molecule has 5 N–H and O–H groups in total. The fraction of sp³-hybridized carbons (Fsp3) is 0.158. The summed E-state index contributed by atoms with van der Waals surface area (Å²) in [6, 6.07) is 12.8. The number of pyridine rings is 1. The summed E-state index contributed by atoms with van der Waals surface area (Å²) in [5, 5.41) is 14.0. The smallest absolute Gasteiger partial charge is 0.252 e. The molecule has 11 nitrogen and oxygen atoms in total. The van der Waals surface area contributed by atoms with Crippen molar-refractivity contribution in [2.75, 3.05) is 30.8 Å². The molecule has 162 valence electrons. The number of ether oxygens (including phenoxy) is 1. The maximum atomic E-state index is 12.5. The maximum absolute atomic E-state index is 12.5. The van der Waals surface area contributed by atoms with Gasteiger partial charge in [-0.2, -0.15) is 0 Å². The monoisotopic (exact) mass is 443 g/mol. The van der Waals surface area contributed by atoms with Gasteiger partial charge >= 0.3 is 0 Å². The molecular weight excluding hydrogens is 422 g/mol. The van der Waals surface area contributed by atoms with Gasteiger partial charge in [-0.05, 0) is 42.5 Å². The third-order valence-corrected chi connectivity index (χ3v) is 5.51. The number of rotatable bonds is 10. The van der Waals surface area contributed by atoms with Crippen LogP contribution in [0.4, 0.5) is 17.5 Å². The van der Waals surface area contributed by atoms with Crippen molar-refractivity contribution in [2.45, 2.75) is 4.90 Å². The number of sulfonamides is 1. The number of aromatic nitrogens is 3. The molecule has 2 aromatic heterocycles. The fourth-order valence-electron chi connectivity index (χ4n) is 2.57. The molecule has 0 aliphatic carbocycles. The number of primary amides is 1. The topological polar surface area (TPSA) is 161 Å². The SMILES string of the molecule is COc1ccc(S(=O)(=O)NCCNc2ccc(Nc3ccccn3)nn2)cc1C(N)=O. The normalized spacial score (nSPS) is 11.0. The first-order valence-corrected chi connectivity index (χ1v) is 10.6. The lowest BCUT2D eigenvalue weighted by molar-refractivity contribution is 0.0997. The van der Waals surface area contributed by atoms with Crippen molar-refractivity contribution in [1.29, 1.82) is 0 Å². The molecule has 0 saturated heterocycles. The summed E-state index contributed by atoms with van der Waals surface area (Å²) < 4.78 is 32.4. The predicted octanol–water partition coefficient (Wildman–Crippen LogP) is 1.11. The second-order valence-electron chi connectivity index (χ2n) is 6.19. The van der Waals surface area contributed by atoms with Crippen LogP contribution in [0.1, 0.15) is 10.4 Å². The number of nitrogens with one attached hydrogen (secondary N) is 3. The number of methoxy groups -OCH3 is 1. The first kappa shape index (κ1) is 21.9. The minimum atomic E-state index is -3.84. The van der Waals surface area contributed by atoms with Crippen molar-refractivity contribution in [3.05, 3.63) is 60.3 Å². The Morgan fingerprint density at radius 2 is 1.81 bits per heavy atom. The summed E-state index contributed by atoms with van der Waals surface area (Å²) in [6.07, 6.45) is 1.66. The van der Waals surface area contributed by atoms with E-state index in [1.54, 1.807) is 24.4 Å². The van der Waals surface area contributed by atoms with Gasteiger partial charge in [-0.25, -0.2) is 18.1 Å². The van der Waals surface area contributed by atoms with Crippen molar-refractivity contribution in [3.8, 4) is 5.75 Å². The van der Waals surface area contributed by atoms with Gasteiger partial charge in [-0.15, -0.1) is 10.2 Å². The molecule has 3 rings (SSSR count). The molecule has 1 amide bonds. The highest BCUT2D eigenvalue weighted by Crippen LogP contribution is 2.22. The van der Waals surface area contributed by atoms with E-state index in [-0.39, 0.29) is 29.3 Å². The van der Waals surface area contributed by atoms with Gasteiger partial charge in [-0.3, -0.25) is 4.79 Å². The van der Waals surface area contributed by atoms with Crippen LogP contribution in [0.3, 0.4) is 0 Å². The Kier molecular flexibility index (Phi) is 6.95. The molecule has 3 aromatic rings. The molecule has 0 unspecified atom stereocenters. The molecule has 1 aromatic carbocycles. The maximum Gasteiger partial charge on any atom is 0.252 e. The van der Waals surface area contributed by atoms with Crippen LogP contribution in [0.5, 0.6) is 5.75 Å². The number of carbonyl (C=O) groups is 1. The zero-order valence-corrected chi connectivity index (χ0v) is 17.4. The molecule has 2 heterocycles. The van der Waals surface area contributed by atoms with E-state index in [1.807, 2.05) is 12.1 Å². The molecular formula is C19H21N7O4S. The van der Waals surface area contributed by atoms with Crippen LogP contribution < -0.4 is 25.8 Å². The number of nitrogens with two attached hydrogens (primary N) is 1. The second-order valence-corrected chi connectivity index (χ2v) is 7.96.